The highest BCUT2D eigenvalue weighted by Crippen LogP contribution is 1.91. The molecule has 0 aromatic heterocycles. The van der Waals surface area contributed by atoms with Crippen molar-refractivity contribution in [2.75, 3.05) is 46.4 Å². The molecular weight excluding hydrogens is 184 g/mol. The summed E-state index contributed by atoms with van der Waals surface area (Å²) in [6.07, 6.45) is 0. The quantitative estimate of drug-likeness (QED) is 0.544. The van der Waals surface area contributed by atoms with Crippen LogP contribution < -0.4 is 0 Å². The maximum absolute atomic E-state index is 11.5. The second-order valence-electron chi connectivity index (χ2n) is 3.13. The first kappa shape index (κ1) is 13.4. The van der Waals surface area contributed by atoms with E-state index in [1.165, 1.54) is 0 Å². The molecule has 5 heteroatoms. The minimum atomic E-state index is 0.00309. The zero-order chi connectivity index (χ0) is 11.0. The summed E-state index contributed by atoms with van der Waals surface area (Å²) >= 11 is 0. The van der Waals surface area contributed by atoms with Crippen LogP contribution in [-0.4, -0.2) is 72.4 Å². The molecule has 0 aliphatic carbocycles. The van der Waals surface area contributed by atoms with Gasteiger partial charge in [0.25, 0.3) is 0 Å². The molecule has 84 valence electrons. The zero-order valence-electron chi connectivity index (χ0n) is 8.94. The topological polar surface area (TPSA) is 64.0 Å². The summed E-state index contributed by atoms with van der Waals surface area (Å²) in [5.74, 6) is 0.00870. The first-order valence-corrected chi connectivity index (χ1v) is 4.83. The number of aliphatic hydroxyl groups is 2. The van der Waals surface area contributed by atoms with E-state index in [0.29, 0.717) is 19.6 Å². The van der Waals surface area contributed by atoms with Crippen molar-refractivity contribution in [1.82, 2.24) is 9.80 Å². The molecule has 0 aliphatic heterocycles. The number of amides is 1. The van der Waals surface area contributed by atoms with Gasteiger partial charge in [-0.3, -0.25) is 9.69 Å². The van der Waals surface area contributed by atoms with Crippen molar-refractivity contribution in [2.24, 2.45) is 0 Å². The first-order chi connectivity index (χ1) is 6.65. The molecule has 2 N–H and O–H groups in total. The standard InChI is InChI=1S/C9H20N2O3/c1-3-10(2)9(14)8-11(4-6-12)5-7-13/h12-13H,3-8H2,1-2H3. The Balaban J connectivity index is 3.94. The summed E-state index contributed by atoms with van der Waals surface area (Å²) in [4.78, 5) is 14.8. The second-order valence-corrected chi connectivity index (χ2v) is 3.13. The van der Waals surface area contributed by atoms with E-state index in [1.807, 2.05) is 6.92 Å². The lowest BCUT2D eigenvalue weighted by Gasteiger charge is -2.22. The SMILES string of the molecule is CCN(C)C(=O)CN(CCO)CCO. The van der Waals surface area contributed by atoms with Crippen LogP contribution in [0.25, 0.3) is 0 Å². The van der Waals surface area contributed by atoms with Crippen LogP contribution in [0, 0.1) is 0 Å². The molecule has 14 heavy (non-hydrogen) atoms. The van der Waals surface area contributed by atoms with Crippen molar-refractivity contribution in [3.63, 3.8) is 0 Å². The van der Waals surface area contributed by atoms with E-state index < -0.39 is 0 Å². The Morgan fingerprint density at radius 1 is 1.21 bits per heavy atom. The third-order valence-corrected chi connectivity index (χ3v) is 2.09. The van der Waals surface area contributed by atoms with Gasteiger partial charge in [-0.2, -0.15) is 0 Å². The van der Waals surface area contributed by atoms with E-state index in [1.54, 1.807) is 16.8 Å². The van der Waals surface area contributed by atoms with Crippen LogP contribution in [0.4, 0.5) is 0 Å². The van der Waals surface area contributed by atoms with Crippen molar-refractivity contribution < 1.29 is 15.0 Å². The highest BCUT2D eigenvalue weighted by molar-refractivity contribution is 5.77. The molecule has 0 rings (SSSR count). The Labute approximate surface area is 84.9 Å². The third-order valence-electron chi connectivity index (χ3n) is 2.09. The number of likely N-dealkylation sites (N-methyl/N-ethyl adjacent to an activating group) is 1. The molecule has 0 radical (unpaired) electrons. The van der Waals surface area contributed by atoms with Gasteiger partial charge in [-0.25, -0.2) is 0 Å². The van der Waals surface area contributed by atoms with Crippen LogP contribution in [0.3, 0.4) is 0 Å². The summed E-state index contributed by atoms with van der Waals surface area (Å²) in [5.41, 5.74) is 0. The molecule has 0 aliphatic rings. The maximum atomic E-state index is 11.5. The van der Waals surface area contributed by atoms with Gasteiger partial charge in [0.1, 0.15) is 0 Å². The Bertz CT molecular complexity index is 158. The molecule has 0 spiro atoms. The monoisotopic (exact) mass is 204 g/mol. The molecule has 0 bridgehead atoms. The minimum Gasteiger partial charge on any atom is -0.395 e. The largest absolute Gasteiger partial charge is 0.395 e. The smallest absolute Gasteiger partial charge is 0.236 e. The molecule has 0 unspecified atom stereocenters. The van der Waals surface area contributed by atoms with Gasteiger partial charge < -0.3 is 15.1 Å². The fourth-order valence-electron chi connectivity index (χ4n) is 1.04. The average Bonchev–Trinajstić information content (AvgIpc) is 2.17. The fraction of sp³-hybridized carbons (Fsp3) is 0.889. The van der Waals surface area contributed by atoms with Gasteiger partial charge in [-0.05, 0) is 6.92 Å². The van der Waals surface area contributed by atoms with E-state index in [2.05, 4.69) is 0 Å². The predicted molar refractivity (Wildman–Crippen MR) is 53.9 cm³/mol. The zero-order valence-corrected chi connectivity index (χ0v) is 8.94. The van der Waals surface area contributed by atoms with E-state index >= 15 is 0 Å². The Kier molecular flexibility index (Phi) is 7.37. The summed E-state index contributed by atoms with van der Waals surface area (Å²) in [6.45, 7) is 3.68. The fourth-order valence-corrected chi connectivity index (χ4v) is 1.04. The summed E-state index contributed by atoms with van der Waals surface area (Å²) in [6, 6.07) is 0. The van der Waals surface area contributed by atoms with Crippen LogP contribution in [0.15, 0.2) is 0 Å². The predicted octanol–water partition coefficient (Wildman–Crippen LogP) is -1.25. The Hall–Kier alpha value is -0.650. The first-order valence-electron chi connectivity index (χ1n) is 4.83. The lowest BCUT2D eigenvalue weighted by molar-refractivity contribution is -0.131. The molecule has 0 heterocycles. The van der Waals surface area contributed by atoms with E-state index in [9.17, 15) is 4.79 Å². The van der Waals surface area contributed by atoms with Gasteiger partial charge in [0.2, 0.25) is 5.91 Å². The number of hydrogen-bond acceptors (Lipinski definition) is 4. The molecule has 0 aromatic rings. The van der Waals surface area contributed by atoms with Gasteiger partial charge in [-0.1, -0.05) is 0 Å². The van der Waals surface area contributed by atoms with Crippen LogP contribution in [-0.2, 0) is 4.79 Å². The van der Waals surface area contributed by atoms with Gasteiger partial charge in [-0.15, -0.1) is 0 Å². The van der Waals surface area contributed by atoms with Crippen molar-refractivity contribution in [2.45, 2.75) is 6.92 Å². The number of carbonyl (C=O) groups is 1. The van der Waals surface area contributed by atoms with Crippen molar-refractivity contribution >= 4 is 5.91 Å². The number of rotatable bonds is 7. The summed E-state index contributed by atoms with van der Waals surface area (Å²) in [7, 11) is 1.73. The average molecular weight is 204 g/mol. The molecule has 0 saturated carbocycles. The van der Waals surface area contributed by atoms with Gasteiger partial charge in [0, 0.05) is 26.7 Å². The number of carbonyl (C=O) groups excluding carboxylic acids is 1. The second kappa shape index (κ2) is 7.73. The molecule has 0 fully saturated rings. The van der Waals surface area contributed by atoms with Gasteiger partial charge >= 0.3 is 0 Å². The lowest BCUT2D eigenvalue weighted by Crippen LogP contribution is -2.40. The number of nitrogens with zero attached hydrogens (tertiary/aromatic N) is 2. The highest BCUT2D eigenvalue weighted by atomic mass is 16.3. The van der Waals surface area contributed by atoms with Crippen LogP contribution >= 0.6 is 0 Å². The number of hydrogen-bond donors (Lipinski definition) is 2. The molecule has 5 nitrogen and oxygen atoms in total. The summed E-state index contributed by atoms with van der Waals surface area (Å²) in [5, 5.41) is 17.4. The van der Waals surface area contributed by atoms with E-state index in [4.69, 9.17) is 10.2 Å². The molecular formula is C9H20N2O3. The van der Waals surface area contributed by atoms with Crippen LogP contribution in [0.1, 0.15) is 6.92 Å². The van der Waals surface area contributed by atoms with E-state index in [-0.39, 0.29) is 25.7 Å². The molecule has 1 amide bonds. The third kappa shape index (κ3) is 5.16. The van der Waals surface area contributed by atoms with Gasteiger partial charge in [0.05, 0.1) is 19.8 Å². The molecule has 0 aromatic carbocycles. The lowest BCUT2D eigenvalue weighted by atomic mass is 10.4. The Morgan fingerprint density at radius 3 is 2.07 bits per heavy atom. The number of aliphatic hydroxyl groups excluding tert-OH is 2. The van der Waals surface area contributed by atoms with Gasteiger partial charge in [0.15, 0.2) is 0 Å². The van der Waals surface area contributed by atoms with Crippen LogP contribution in [0.2, 0.25) is 0 Å². The maximum Gasteiger partial charge on any atom is 0.236 e. The summed E-state index contributed by atoms with van der Waals surface area (Å²) < 4.78 is 0. The molecule has 0 saturated heterocycles. The minimum absolute atomic E-state index is 0.00309. The van der Waals surface area contributed by atoms with Crippen molar-refractivity contribution in [3.8, 4) is 0 Å². The normalized spacial score (nSPS) is 10.6. The van der Waals surface area contributed by atoms with Crippen molar-refractivity contribution in [3.05, 3.63) is 0 Å². The van der Waals surface area contributed by atoms with E-state index in [0.717, 1.165) is 0 Å². The highest BCUT2D eigenvalue weighted by Gasteiger charge is 2.12. The molecule has 0 atom stereocenters. The van der Waals surface area contributed by atoms with Crippen LogP contribution in [0.5, 0.6) is 0 Å². The Morgan fingerprint density at radius 2 is 1.71 bits per heavy atom. The van der Waals surface area contributed by atoms with Crippen molar-refractivity contribution in [1.29, 1.82) is 0 Å².